The van der Waals surface area contributed by atoms with Crippen molar-refractivity contribution in [1.82, 2.24) is 14.6 Å². The van der Waals surface area contributed by atoms with Gasteiger partial charge in [0.15, 0.2) is 11.6 Å². The minimum Gasteiger partial charge on any atom is -0.494 e. The molecule has 0 aliphatic carbocycles. The summed E-state index contributed by atoms with van der Waals surface area (Å²) < 4.78 is 45.6. The summed E-state index contributed by atoms with van der Waals surface area (Å²) in [5, 5.41) is 6.94. The second-order valence-corrected chi connectivity index (χ2v) is 5.44. The van der Waals surface area contributed by atoms with Gasteiger partial charge in [0.05, 0.1) is 23.4 Å². The second kappa shape index (κ2) is 6.03. The lowest BCUT2D eigenvalue weighted by atomic mass is 10.1. The summed E-state index contributed by atoms with van der Waals surface area (Å²) in [5.41, 5.74) is -0.463. The highest BCUT2D eigenvalue weighted by atomic mass is 35.5. The van der Waals surface area contributed by atoms with Crippen molar-refractivity contribution in [3.05, 3.63) is 46.3 Å². The summed E-state index contributed by atoms with van der Waals surface area (Å²) in [5.74, 6) is -0.205. The normalized spacial score (nSPS) is 11.8. The Labute approximate surface area is 144 Å². The van der Waals surface area contributed by atoms with E-state index in [-0.39, 0.29) is 22.5 Å². The van der Waals surface area contributed by atoms with Crippen LogP contribution >= 0.6 is 23.2 Å². The molecule has 0 atom stereocenters. The van der Waals surface area contributed by atoms with Gasteiger partial charge in [0.1, 0.15) is 5.52 Å². The van der Waals surface area contributed by atoms with Crippen molar-refractivity contribution in [2.45, 2.75) is 6.18 Å². The zero-order valence-electron chi connectivity index (χ0n) is 12.0. The minimum atomic E-state index is -4.56. The molecule has 0 spiro atoms. The van der Waals surface area contributed by atoms with E-state index in [1.807, 2.05) is 0 Å². The molecule has 0 saturated carbocycles. The molecule has 0 radical (unpaired) electrons. The third-order valence-corrected chi connectivity index (χ3v) is 3.68. The van der Waals surface area contributed by atoms with E-state index in [1.165, 1.54) is 16.6 Å². The van der Waals surface area contributed by atoms with Crippen LogP contribution in [-0.4, -0.2) is 21.7 Å². The molecular formula is C14H9Cl2F3N4O. The molecule has 0 unspecified atom stereocenters. The molecule has 3 aromatic rings. The van der Waals surface area contributed by atoms with Gasteiger partial charge in [-0.1, -0.05) is 17.7 Å². The molecule has 0 amide bonds. The first-order valence-electron chi connectivity index (χ1n) is 6.53. The fraction of sp³-hybridized carbons (Fsp3) is 0.143. The lowest BCUT2D eigenvalue weighted by Crippen LogP contribution is -2.09. The number of rotatable bonds is 3. The van der Waals surface area contributed by atoms with Gasteiger partial charge >= 0.3 is 6.18 Å². The van der Waals surface area contributed by atoms with Crippen LogP contribution < -0.4 is 10.1 Å². The number of alkyl halides is 3. The first kappa shape index (κ1) is 16.7. The number of halogens is 5. The lowest BCUT2D eigenvalue weighted by Gasteiger charge is -2.16. The SMILES string of the molecule is COc1c(Nc2nc(Cl)nn3ccc(Cl)c23)cccc1C(F)(F)F. The number of benzene rings is 1. The Hall–Kier alpha value is -2.19. The number of aromatic nitrogens is 3. The topological polar surface area (TPSA) is 51.5 Å². The summed E-state index contributed by atoms with van der Waals surface area (Å²) in [7, 11) is 1.16. The monoisotopic (exact) mass is 376 g/mol. The number of methoxy groups -OCH3 is 1. The Morgan fingerprint density at radius 3 is 2.62 bits per heavy atom. The number of ether oxygens (including phenoxy) is 1. The summed E-state index contributed by atoms with van der Waals surface area (Å²) in [6, 6.07) is 5.18. The summed E-state index contributed by atoms with van der Waals surface area (Å²) in [6.45, 7) is 0. The van der Waals surface area contributed by atoms with Gasteiger partial charge in [-0.05, 0) is 29.8 Å². The van der Waals surface area contributed by atoms with Crippen LogP contribution in [0.1, 0.15) is 5.56 Å². The van der Waals surface area contributed by atoms with E-state index in [1.54, 1.807) is 12.3 Å². The number of fused-ring (bicyclic) bond motifs is 1. The molecule has 0 bridgehead atoms. The van der Waals surface area contributed by atoms with Crippen LogP contribution in [0.2, 0.25) is 10.3 Å². The first-order valence-corrected chi connectivity index (χ1v) is 7.28. The van der Waals surface area contributed by atoms with Crippen LogP contribution in [0, 0.1) is 0 Å². The highest BCUT2D eigenvalue weighted by molar-refractivity contribution is 6.35. The number of hydrogen-bond donors (Lipinski definition) is 1. The Bertz CT molecular complexity index is 911. The van der Waals surface area contributed by atoms with E-state index in [0.717, 1.165) is 13.2 Å². The van der Waals surface area contributed by atoms with Crippen molar-refractivity contribution in [2.24, 2.45) is 0 Å². The Morgan fingerprint density at radius 1 is 1.21 bits per heavy atom. The molecule has 1 aromatic carbocycles. The highest BCUT2D eigenvalue weighted by Gasteiger charge is 2.35. The molecule has 5 nitrogen and oxygen atoms in total. The molecule has 2 heterocycles. The predicted molar refractivity (Wildman–Crippen MR) is 84.3 cm³/mol. The van der Waals surface area contributed by atoms with Crippen LogP contribution in [0.25, 0.3) is 5.52 Å². The summed E-state index contributed by atoms with van der Waals surface area (Å²) >= 11 is 11.9. The lowest BCUT2D eigenvalue weighted by molar-refractivity contribution is -0.138. The maximum atomic E-state index is 13.1. The van der Waals surface area contributed by atoms with Crippen molar-refractivity contribution in [3.8, 4) is 5.75 Å². The third-order valence-electron chi connectivity index (χ3n) is 3.21. The average Bonchev–Trinajstić information content (AvgIpc) is 2.87. The molecule has 126 valence electrons. The molecule has 0 saturated heterocycles. The molecular weight excluding hydrogens is 368 g/mol. The number of para-hydroxylation sites is 1. The van der Waals surface area contributed by atoms with Gasteiger partial charge in [-0.25, -0.2) is 4.52 Å². The number of anilines is 2. The van der Waals surface area contributed by atoms with Crippen molar-refractivity contribution in [1.29, 1.82) is 0 Å². The molecule has 0 aliphatic heterocycles. The van der Waals surface area contributed by atoms with Gasteiger partial charge in [0, 0.05) is 6.20 Å². The zero-order chi connectivity index (χ0) is 17.5. The maximum absolute atomic E-state index is 13.1. The minimum absolute atomic E-state index is 0.0706. The maximum Gasteiger partial charge on any atom is 0.420 e. The van der Waals surface area contributed by atoms with Crippen LogP contribution in [0.3, 0.4) is 0 Å². The van der Waals surface area contributed by atoms with Crippen molar-refractivity contribution >= 4 is 40.2 Å². The molecule has 0 aliphatic rings. The Balaban J connectivity index is 2.14. The van der Waals surface area contributed by atoms with E-state index in [9.17, 15) is 13.2 Å². The van der Waals surface area contributed by atoms with E-state index >= 15 is 0 Å². The third kappa shape index (κ3) is 2.94. The summed E-state index contributed by atoms with van der Waals surface area (Å²) in [6.07, 6.45) is -3.01. The number of hydrogen-bond acceptors (Lipinski definition) is 4. The molecule has 24 heavy (non-hydrogen) atoms. The molecule has 1 N–H and O–H groups in total. The van der Waals surface area contributed by atoms with Crippen LogP contribution in [-0.2, 0) is 6.18 Å². The Morgan fingerprint density at radius 2 is 1.96 bits per heavy atom. The second-order valence-electron chi connectivity index (χ2n) is 4.70. The van der Waals surface area contributed by atoms with Gasteiger partial charge in [-0.2, -0.15) is 18.2 Å². The fourth-order valence-electron chi connectivity index (χ4n) is 2.25. The van der Waals surface area contributed by atoms with Crippen molar-refractivity contribution < 1.29 is 17.9 Å². The van der Waals surface area contributed by atoms with Crippen molar-refractivity contribution in [3.63, 3.8) is 0 Å². The molecule has 10 heteroatoms. The fourth-order valence-corrected chi connectivity index (χ4v) is 2.65. The smallest absolute Gasteiger partial charge is 0.420 e. The number of nitrogens with one attached hydrogen (secondary N) is 1. The standard InChI is InChI=1S/C14H9Cl2F3N4O/c1-24-11-7(14(17,18)19)3-2-4-9(11)20-12-10-8(15)5-6-23(10)22-13(16)21-12/h2-6H,1H3,(H,20,21,22). The largest absolute Gasteiger partial charge is 0.494 e. The van der Waals surface area contributed by atoms with Crippen molar-refractivity contribution in [2.75, 3.05) is 12.4 Å². The number of nitrogens with zero attached hydrogens (tertiary/aromatic N) is 3. The zero-order valence-corrected chi connectivity index (χ0v) is 13.5. The van der Waals surface area contributed by atoms with E-state index in [4.69, 9.17) is 27.9 Å². The highest BCUT2D eigenvalue weighted by Crippen LogP contribution is 2.41. The van der Waals surface area contributed by atoms with E-state index < -0.39 is 11.7 Å². The Kier molecular flexibility index (Phi) is 4.18. The predicted octanol–water partition coefficient (Wildman–Crippen LogP) is 4.81. The van der Waals surface area contributed by atoms with E-state index in [2.05, 4.69) is 15.4 Å². The molecule has 2 aromatic heterocycles. The van der Waals surface area contributed by atoms with Gasteiger partial charge < -0.3 is 10.1 Å². The van der Waals surface area contributed by atoms with Crippen LogP contribution in [0.5, 0.6) is 5.75 Å². The molecule has 0 fully saturated rings. The van der Waals surface area contributed by atoms with Gasteiger partial charge in [-0.3, -0.25) is 0 Å². The molecule has 3 rings (SSSR count). The average molecular weight is 377 g/mol. The first-order chi connectivity index (χ1) is 11.3. The van der Waals surface area contributed by atoms with Gasteiger partial charge in [-0.15, -0.1) is 5.10 Å². The quantitative estimate of drug-likeness (QED) is 0.712. The van der Waals surface area contributed by atoms with Crippen LogP contribution in [0.15, 0.2) is 30.5 Å². The van der Waals surface area contributed by atoms with Crippen LogP contribution in [0.4, 0.5) is 24.7 Å². The van der Waals surface area contributed by atoms with E-state index in [0.29, 0.717) is 10.5 Å². The van der Waals surface area contributed by atoms with Gasteiger partial charge in [0.2, 0.25) is 5.28 Å². The summed E-state index contributed by atoms with van der Waals surface area (Å²) in [4.78, 5) is 4.00. The van der Waals surface area contributed by atoms with Gasteiger partial charge in [0.25, 0.3) is 0 Å².